The van der Waals surface area contributed by atoms with Gasteiger partial charge >= 0.3 is 23.9 Å². The fourth-order valence-corrected chi connectivity index (χ4v) is 8.47. The highest BCUT2D eigenvalue weighted by molar-refractivity contribution is 5.84. The number of rotatable bonds is 8. The molecule has 3 fully saturated rings. The third-order valence-electron chi connectivity index (χ3n) is 12.3. The number of aliphatic hydroxyl groups excluding tert-OH is 2. The van der Waals surface area contributed by atoms with Crippen LogP contribution >= 0.6 is 0 Å². The molecule has 4 N–H and O–H groups in total. The van der Waals surface area contributed by atoms with E-state index in [0.717, 1.165) is 24.5 Å². The lowest BCUT2D eigenvalue weighted by atomic mass is 9.70. The Morgan fingerprint density at radius 3 is 2.31 bits per heavy atom. The van der Waals surface area contributed by atoms with Gasteiger partial charge in [-0.1, -0.05) is 83.1 Å². The molecular formula is C46H68O15. The van der Waals surface area contributed by atoms with Gasteiger partial charge in [-0.2, -0.15) is 0 Å². The molecule has 3 unspecified atom stereocenters. The van der Waals surface area contributed by atoms with Crippen molar-refractivity contribution in [2.45, 2.75) is 186 Å². The molecule has 0 amide bonds. The van der Waals surface area contributed by atoms with Crippen molar-refractivity contribution in [1.82, 2.24) is 0 Å². The third-order valence-corrected chi connectivity index (χ3v) is 12.3. The predicted molar refractivity (Wildman–Crippen MR) is 222 cm³/mol. The number of unbranched alkanes of at least 4 members (excludes halogenated alkanes) is 1. The zero-order valence-electron chi connectivity index (χ0n) is 37.2. The van der Waals surface area contributed by atoms with E-state index in [1.54, 1.807) is 45.9 Å². The minimum Gasteiger partial charge on any atom is -0.466 e. The minimum atomic E-state index is -2.38. The van der Waals surface area contributed by atoms with E-state index in [1.807, 2.05) is 26.0 Å². The number of ether oxygens (including phenoxy) is 7. The Kier molecular flexibility index (Phi) is 17.3. The largest absolute Gasteiger partial charge is 0.466 e. The van der Waals surface area contributed by atoms with Crippen LogP contribution in [0.15, 0.2) is 59.8 Å². The molecule has 0 aromatic carbocycles. The van der Waals surface area contributed by atoms with Gasteiger partial charge in [0.1, 0.15) is 12.2 Å². The molecule has 15 heteroatoms. The van der Waals surface area contributed by atoms with Crippen molar-refractivity contribution in [3.05, 3.63) is 59.8 Å². The molecule has 0 aliphatic carbocycles. The Hall–Kier alpha value is -3.70. The van der Waals surface area contributed by atoms with E-state index < -0.39 is 108 Å². The summed E-state index contributed by atoms with van der Waals surface area (Å²) in [6, 6.07) is 0. The third kappa shape index (κ3) is 12.7. The van der Waals surface area contributed by atoms with Crippen LogP contribution in [0, 0.1) is 10.8 Å². The van der Waals surface area contributed by atoms with Crippen molar-refractivity contribution in [3.63, 3.8) is 0 Å². The van der Waals surface area contributed by atoms with Gasteiger partial charge in [0.25, 0.3) is 0 Å². The van der Waals surface area contributed by atoms with Gasteiger partial charge in [-0.3, -0.25) is 9.59 Å². The Morgan fingerprint density at radius 2 is 1.67 bits per heavy atom. The molecule has 0 radical (unpaired) electrons. The molecule has 0 saturated carbocycles. The van der Waals surface area contributed by atoms with Crippen LogP contribution < -0.4 is 0 Å². The Labute approximate surface area is 359 Å². The van der Waals surface area contributed by atoms with Crippen molar-refractivity contribution < 1.29 is 72.8 Å². The Bertz CT molecular complexity index is 1710. The lowest BCUT2D eigenvalue weighted by molar-refractivity contribution is -0.348. The summed E-state index contributed by atoms with van der Waals surface area (Å²) >= 11 is 0. The molecule has 0 aromatic rings. The average Bonchev–Trinajstić information content (AvgIpc) is 3.16. The van der Waals surface area contributed by atoms with Crippen LogP contribution in [0.4, 0.5) is 0 Å². The molecule has 4 heterocycles. The fraction of sp³-hybridized carbons (Fsp3) is 0.696. The highest BCUT2D eigenvalue weighted by atomic mass is 16.7. The minimum absolute atomic E-state index is 0.0524. The van der Waals surface area contributed by atoms with Crippen LogP contribution in [0.2, 0.25) is 0 Å². The molecule has 6 bridgehead atoms. The topological polar surface area (TPSA) is 214 Å². The number of cyclic esters (lactones) is 1. The first-order valence-electron chi connectivity index (χ1n) is 21.4. The number of carbonyl (C=O) groups is 4. The zero-order valence-corrected chi connectivity index (χ0v) is 37.2. The first-order valence-corrected chi connectivity index (χ1v) is 21.4. The molecule has 11 atom stereocenters. The number of aliphatic hydroxyl groups is 4. The van der Waals surface area contributed by atoms with Gasteiger partial charge in [-0.25, -0.2) is 9.59 Å². The number of allylic oxidation sites excluding steroid dienone is 4. The van der Waals surface area contributed by atoms with Crippen molar-refractivity contribution in [3.8, 4) is 0 Å². The second-order valence-corrected chi connectivity index (χ2v) is 17.9. The van der Waals surface area contributed by atoms with E-state index in [0.29, 0.717) is 12.8 Å². The highest BCUT2D eigenvalue weighted by Crippen LogP contribution is 2.50. The van der Waals surface area contributed by atoms with Crippen LogP contribution in [-0.4, -0.2) is 118 Å². The standard InChI is InChI=1S/C46H68O15/c1-10-12-13-14-15-16-39(50)59-42-31(22-40(51)55-9)21-34-25-37(28(3)47)58-41(52)24-32(49)23-35-26-38(56-29(4)48)44(7,8)45(53,60-35)27-36-20-30(11-2)19-33(57-36)17-18-43(5,6)46(42,54)61-34/h11,13-18,22,28,32-38,42,47,49,53-54H,10,12,19-21,23-27H2,1-9H3/b14-13+,16-15+,18-17+,30-11+,31-22+/t28-,32-,33+,34?,35-,36?,37?,38+,42+,45+,46-/m1/s1. The summed E-state index contributed by atoms with van der Waals surface area (Å²) in [6.07, 6.45) is 5.44. The first-order chi connectivity index (χ1) is 28.6. The number of fused-ring (bicyclic) bond motifs is 6. The van der Waals surface area contributed by atoms with Crippen LogP contribution in [0.25, 0.3) is 0 Å². The number of carbonyl (C=O) groups excluding carboxylic acids is 4. The SMILES string of the molecule is C/C=C1/CC2C[C@]3(O)O[C@H](C[C@@H](O)CC(=O)OC([C@@H](C)O)CC4C/C(=C\C(=O)OC)[C@H](OC(=O)/C=C/C=C/CCC)[C@@](O)(O4)C(C)(C)/C=C/[C@@H](C1)O2)C[C@H](OC(C)=O)C3(C)C. The maximum atomic E-state index is 13.4. The second kappa shape index (κ2) is 21.1. The van der Waals surface area contributed by atoms with Crippen molar-refractivity contribution in [2.75, 3.05) is 7.11 Å². The van der Waals surface area contributed by atoms with E-state index in [9.17, 15) is 39.6 Å². The molecule has 4 rings (SSSR count). The maximum absolute atomic E-state index is 13.4. The predicted octanol–water partition coefficient (Wildman–Crippen LogP) is 5.13. The van der Waals surface area contributed by atoms with Gasteiger partial charge in [-0.05, 0) is 45.1 Å². The molecule has 61 heavy (non-hydrogen) atoms. The second-order valence-electron chi connectivity index (χ2n) is 17.9. The van der Waals surface area contributed by atoms with Crippen molar-refractivity contribution in [2.24, 2.45) is 10.8 Å². The summed E-state index contributed by atoms with van der Waals surface area (Å²) in [5.74, 6) is -7.32. The summed E-state index contributed by atoms with van der Waals surface area (Å²) in [4.78, 5) is 51.9. The number of methoxy groups -OCH3 is 1. The van der Waals surface area contributed by atoms with E-state index in [4.69, 9.17) is 33.2 Å². The monoisotopic (exact) mass is 860 g/mol. The zero-order chi connectivity index (χ0) is 45.3. The van der Waals surface area contributed by atoms with Crippen LogP contribution in [0.5, 0.6) is 0 Å². The average molecular weight is 861 g/mol. The quantitative estimate of drug-likeness (QED) is 0.0819. The van der Waals surface area contributed by atoms with E-state index in [-0.39, 0.29) is 37.7 Å². The molecule has 4 aliphatic rings. The van der Waals surface area contributed by atoms with Crippen LogP contribution in [0.1, 0.15) is 120 Å². The van der Waals surface area contributed by atoms with Gasteiger partial charge in [0, 0.05) is 50.2 Å². The van der Waals surface area contributed by atoms with E-state index in [2.05, 4.69) is 0 Å². The highest BCUT2D eigenvalue weighted by Gasteiger charge is 2.59. The lowest BCUT2D eigenvalue weighted by Gasteiger charge is -2.53. The molecule has 0 spiro atoms. The van der Waals surface area contributed by atoms with Crippen LogP contribution in [-0.2, 0) is 52.3 Å². The smallest absolute Gasteiger partial charge is 0.331 e. The van der Waals surface area contributed by atoms with Crippen LogP contribution in [0.3, 0.4) is 0 Å². The molecule has 3 saturated heterocycles. The summed E-state index contributed by atoms with van der Waals surface area (Å²) in [6.45, 7) is 13.4. The van der Waals surface area contributed by atoms with Gasteiger partial charge < -0.3 is 53.6 Å². The van der Waals surface area contributed by atoms with Crippen molar-refractivity contribution >= 4 is 23.9 Å². The first kappa shape index (κ1) is 50.0. The van der Waals surface area contributed by atoms with Crippen molar-refractivity contribution in [1.29, 1.82) is 0 Å². The van der Waals surface area contributed by atoms with Gasteiger partial charge in [0.05, 0.1) is 55.6 Å². The normalized spacial score (nSPS) is 37.1. The van der Waals surface area contributed by atoms with E-state index in [1.165, 1.54) is 33.1 Å². The Morgan fingerprint density at radius 1 is 0.951 bits per heavy atom. The van der Waals surface area contributed by atoms with Gasteiger partial charge in [0.15, 0.2) is 11.9 Å². The number of hydrogen-bond donors (Lipinski definition) is 4. The summed E-state index contributed by atoms with van der Waals surface area (Å²) in [5.41, 5.74) is -1.38. The maximum Gasteiger partial charge on any atom is 0.331 e. The molecule has 0 aromatic heterocycles. The van der Waals surface area contributed by atoms with Gasteiger partial charge in [-0.15, -0.1) is 0 Å². The van der Waals surface area contributed by atoms with Gasteiger partial charge in [0.2, 0.25) is 5.79 Å². The molecule has 342 valence electrons. The number of hydrogen-bond acceptors (Lipinski definition) is 15. The number of esters is 4. The fourth-order valence-electron chi connectivity index (χ4n) is 8.47. The lowest BCUT2D eigenvalue weighted by Crippen LogP contribution is -2.62. The summed E-state index contributed by atoms with van der Waals surface area (Å²) < 4.78 is 41.9. The summed E-state index contributed by atoms with van der Waals surface area (Å²) in [5, 5.41) is 47.4. The molecular weight excluding hydrogens is 792 g/mol. The summed E-state index contributed by atoms with van der Waals surface area (Å²) in [7, 11) is 1.19. The Balaban J connectivity index is 1.84. The molecule has 4 aliphatic heterocycles. The van der Waals surface area contributed by atoms with E-state index >= 15 is 0 Å². The molecule has 15 nitrogen and oxygen atoms in total.